The van der Waals surface area contributed by atoms with Crippen LogP contribution in [0, 0.1) is 5.82 Å². The molecule has 2 aliphatic carbocycles. The van der Waals surface area contributed by atoms with Gasteiger partial charge in [0.25, 0.3) is 5.91 Å². The van der Waals surface area contributed by atoms with E-state index in [0.29, 0.717) is 42.5 Å². The molecular formula is C26H39FN4O3. The Morgan fingerprint density at radius 2 is 1.50 bits per heavy atom. The van der Waals surface area contributed by atoms with Crippen molar-refractivity contribution < 1.29 is 19.1 Å². The molecule has 3 fully saturated rings. The predicted molar refractivity (Wildman–Crippen MR) is 132 cm³/mol. The zero-order valence-corrected chi connectivity index (χ0v) is 20.1. The smallest absolute Gasteiger partial charge is 0.320 e. The number of benzene rings is 1. The van der Waals surface area contributed by atoms with Crippen molar-refractivity contribution in [3.8, 4) is 0 Å². The molecule has 1 heterocycles. The lowest BCUT2D eigenvalue weighted by Crippen LogP contribution is -2.47. The summed E-state index contributed by atoms with van der Waals surface area (Å²) in [5, 5.41) is 19.2. The molecule has 1 atom stereocenters. The van der Waals surface area contributed by atoms with Crippen LogP contribution >= 0.6 is 0 Å². The first-order valence-corrected chi connectivity index (χ1v) is 13.1. The van der Waals surface area contributed by atoms with E-state index in [1.165, 1.54) is 12.5 Å². The number of rotatable bonds is 9. The normalized spacial score (nSPS) is 22.4. The van der Waals surface area contributed by atoms with Gasteiger partial charge >= 0.3 is 5.97 Å². The first-order valence-electron chi connectivity index (χ1n) is 13.1. The van der Waals surface area contributed by atoms with Crippen LogP contribution in [0.1, 0.15) is 87.4 Å². The third kappa shape index (κ3) is 6.40. The number of carboxylic acid groups (broad SMARTS) is 1. The van der Waals surface area contributed by atoms with Crippen molar-refractivity contribution in [1.82, 2.24) is 10.2 Å². The van der Waals surface area contributed by atoms with E-state index in [-0.39, 0.29) is 11.9 Å². The van der Waals surface area contributed by atoms with Gasteiger partial charge in [0.05, 0.1) is 11.3 Å². The fraction of sp³-hybridized carbons (Fsp3) is 0.692. The van der Waals surface area contributed by atoms with Gasteiger partial charge < -0.3 is 21.1 Å². The Balaban J connectivity index is 1.44. The summed E-state index contributed by atoms with van der Waals surface area (Å²) in [6.07, 6.45) is 12.6. The molecule has 0 bridgehead atoms. The van der Waals surface area contributed by atoms with Gasteiger partial charge in [0, 0.05) is 30.9 Å². The van der Waals surface area contributed by atoms with E-state index in [9.17, 15) is 14.7 Å². The molecule has 1 aliphatic heterocycles. The van der Waals surface area contributed by atoms with E-state index < -0.39 is 17.8 Å². The number of anilines is 2. The number of nitrogens with one attached hydrogen (secondary N) is 3. The number of carbonyl (C=O) groups is 2. The highest BCUT2D eigenvalue weighted by atomic mass is 19.1. The molecule has 1 unspecified atom stereocenters. The lowest BCUT2D eigenvalue weighted by atomic mass is 9.95. The molecule has 8 heteroatoms. The summed E-state index contributed by atoms with van der Waals surface area (Å²) in [5.74, 6) is -1.54. The quantitative estimate of drug-likeness (QED) is 0.418. The fourth-order valence-electron chi connectivity index (χ4n) is 5.69. The first kappa shape index (κ1) is 24.8. The molecule has 7 nitrogen and oxygen atoms in total. The zero-order chi connectivity index (χ0) is 23.9. The summed E-state index contributed by atoms with van der Waals surface area (Å²) >= 11 is 0. The minimum absolute atomic E-state index is 0.272. The molecule has 0 spiro atoms. The van der Waals surface area contributed by atoms with Gasteiger partial charge in [0.2, 0.25) is 0 Å². The Kier molecular flexibility index (Phi) is 8.64. The van der Waals surface area contributed by atoms with Gasteiger partial charge in [0.15, 0.2) is 0 Å². The Hall–Kier alpha value is -2.35. The minimum Gasteiger partial charge on any atom is -0.480 e. The second kappa shape index (κ2) is 11.9. The van der Waals surface area contributed by atoms with Gasteiger partial charge in [-0.2, -0.15) is 0 Å². The van der Waals surface area contributed by atoms with Crippen LogP contribution in [0.15, 0.2) is 12.1 Å². The number of nitrogens with zero attached hydrogens (tertiary/aromatic N) is 1. The summed E-state index contributed by atoms with van der Waals surface area (Å²) in [7, 11) is 0. The van der Waals surface area contributed by atoms with Crippen LogP contribution in [0.25, 0.3) is 0 Å². The number of aliphatic carboxylic acids is 1. The van der Waals surface area contributed by atoms with E-state index in [4.69, 9.17) is 0 Å². The summed E-state index contributed by atoms with van der Waals surface area (Å²) < 4.78 is 15.1. The van der Waals surface area contributed by atoms with Crippen LogP contribution in [0.2, 0.25) is 0 Å². The van der Waals surface area contributed by atoms with Crippen molar-refractivity contribution in [3.63, 3.8) is 0 Å². The van der Waals surface area contributed by atoms with Crippen molar-refractivity contribution in [1.29, 1.82) is 0 Å². The molecule has 1 amide bonds. The van der Waals surface area contributed by atoms with E-state index in [0.717, 1.165) is 70.8 Å². The van der Waals surface area contributed by atoms with Crippen molar-refractivity contribution in [2.75, 3.05) is 30.3 Å². The molecule has 4 rings (SSSR count). The van der Waals surface area contributed by atoms with E-state index in [1.807, 2.05) is 4.90 Å². The largest absolute Gasteiger partial charge is 0.480 e. The Bertz CT molecular complexity index is 853. The van der Waals surface area contributed by atoms with Gasteiger partial charge in [-0.25, -0.2) is 4.39 Å². The highest BCUT2D eigenvalue weighted by Gasteiger charge is 2.28. The molecule has 1 aromatic rings. The van der Waals surface area contributed by atoms with E-state index in [1.54, 1.807) is 6.07 Å². The Morgan fingerprint density at radius 1 is 0.882 bits per heavy atom. The molecule has 2 saturated carbocycles. The van der Waals surface area contributed by atoms with Crippen LogP contribution in [-0.2, 0) is 4.79 Å². The van der Waals surface area contributed by atoms with Gasteiger partial charge in [-0.15, -0.1) is 0 Å². The van der Waals surface area contributed by atoms with E-state index in [2.05, 4.69) is 16.0 Å². The zero-order valence-electron chi connectivity index (χ0n) is 20.1. The minimum atomic E-state index is -0.808. The van der Waals surface area contributed by atoms with Gasteiger partial charge in [-0.1, -0.05) is 38.5 Å². The van der Waals surface area contributed by atoms with Crippen LogP contribution < -0.4 is 16.0 Å². The third-order valence-electron chi connectivity index (χ3n) is 7.61. The second-order valence-corrected chi connectivity index (χ2v) is 10.1. The molecule has 34 heavy (non-hydrogen) atoms. The van der Waals surface area contributed by atoms with Gasteiger partial charge in [-0.05, 0) is 57.2 Å². The van der Waals surface area contributed by atoms with Crippen LogP contribution in [0.3, 0.4) is 0 Å². The SMILES string of the molecule is O=C(NCCN1CCCCC1C(=O)O)c1cc(F)c(NC2CCCCC2)cc1NC1CCCC1. The number of amides is 1. The lowest BCUT2D eigenvalue weighted by Gasteiger charge is -2.32. The summed E-state index contributed by atoms with van der Waals surface area (Å²) in [5.41, 5.74) is 1.44. The number of hydrogen-bond acceptors (Lipinski definition) is 5. The average molecular weight is 475 g/mol. The number of likely N-dealkylation sites (tertiary alicyclic amines) is 1. The fourth-order valence-corrected chi connectivity index (χ4v) is 5.69. The van der Waals surface area contributed by atoms with Gasteiger partial charge in [-0.3, -0.25) is 14.5 Å². The van der Waals surface area contributed by atoms with Crippen LogP contribution in [-0.4, -0.2) is 59.6 Å². The van der Waals surface area contributed by atoms with Crippen molar-refractivity contribution >= 4 is 23.3 Å². The number of piperidine rings is 1. The summed E-state index contributed by atoms with van der Waals surface area (Å²) in [6.45, 7) is 1.52. The highest BCUT2D eigenvalue weighted by molar-refractivity contribution is 6.00. The topological polar surface area (TPSA) is 93.7 Å². The number of carboxylic acids is 1. The monoisotopic (exact) mass is 474 g/mol. The van der Waals surface area contributed by atoms with E-state index >= 15 is 4.39 Å². The standard InChI is InChI=1S/C26H39FN4O3/c27-21-16-20(25(32)28-13-15-31-14-7-6-12-24(31)26(33)34)22(29-18-10-4-5-11-18)17-23(21)30-19-8-2-1-3-9-19/h16-19,24,29-30H,1-15H2,(H,28,32)(H,33,34). The molecule has 3 aliphatic rings. The van der Waals surface area contributed by atoms with Crippen molar-refractivity contribution in [3.05, 3.63) is 23.5 Å². The molecule has 1 aromatic carbocycles. The predicted octanol–water partition coefficient (Wildman–Crippen LogP) is 4.59. The lowest BCUT2D eigenvalue weighted by molar-refractivity contribution is -0.144. The maximum atomic E-state index is 15.1. The molecule has 4 N–H and O–H groups in total. The molecule has 0 aromatic heterocycles. The van der Waals surface area contributed by atoms with Crippen molar-refractivity contribution in [2.24, 2.45) is 0 Å². The molecular weight excluding hydrogens is 435 g/mol. The summed E-state index contributed by atoms with van der Waals surface area (Å²) in [4.78, 5) is 26.5. The second-order valence-electron chi connectivity index (χ2n) is 10.1. The average Bonchev–Trinajstić information content (AvgIpc) is 3.35. The number of halogens is 1. The molecule has 0 radical (unpaired) electrons. The van der Waals surface area contributed by atoms with Crippen LogP contribution in [0.4, 0.5) is 15.8 Å². The molecule has 188 valence electrons. The first-order chi connectivity index (χ1) is 16.5. The maximum absolute atomic E-state index is 15.1. The number of carbonyl (C=O) groups excluding carboxylic acids is 1. The number of hydrogen-bond donors (Lipinski definition) is 4. The van der Waals surface area contributed by atoms with Crippen LogP contribution in [0.5, 0.6) is 0 Å². The Labute approximate surface area is 201 Å². The maximum Gasteiger partial charge on any atom is 0.320 e. The highest BCUT2D eigenvalue weighted by Crippen LogP contribution is 2.31. The molecule has 1 saturated heterocycles. The third-order valence-corrected chi connectivity index (χ3v) is 7.61. The van der Waals surface area contributed by atoms with Crippen molar-refractivity contribution in [2.45, 2.75) is 95.2 Å². The van der Waals surface area contributed by atoms with Gasteiger partial charge in [0.1, 0.15) is 11.9 Å². The summed E-state index contributed by atoms with van der Waals surface area (Å²) in [6, 6.07) is 3.19. The Morgan fingerprint density at radius 3 is 2.18 bits per heavy atom.